The second-order valence-corrected chi connectivity index (χ2v) is 3.95. The second-order valence-electron chi connectivity index (χ2n) is 3.95. The topological polar surface area (TPSA) is 12.0 Å². The van der Waals surface area contributed by atoms with Crippen LogP contribution in [0.5, 0.6) is 0 Å². The fraction of sp³-hybridized carbons (Fsp3) is 1.00. The number of rotatable bonds is 0. The molecule has 0 radical (unpaired) electrons. The molecule has 1 saturated carbocycles. The minimum atomic E-state index is 0.799. The van der Waals surface area contributed by atoms with E-state index < -0.39 is 0 Å². The Bertz CT molecular complexity index is 108. The van der Waals surface area contributed by atoms with Crippen LogP contribution < -0.4 is 5.32 Å². The van der Waals surface area contributed by atoms with Gasteiger partial charge in [-0.2, -0.15) is 0 Å². The normalized spacial score (nSPS) is 47.1. The summed E-state index contributed by atoms with van der Waals surface area (Å²) in [4.78, 5) is 0. The van der Waals surface area contributed by atoms with Gasteiger partial charge in [-0.15, -0.1) is 0 Å². The van der Waals surface area contributed by atoms with Crippen LogP contribution in [0.25, 0.3) is 0 Å². The van der Waals surface area contributed by atoms with Crippen LogP contribution in [0.1, 0.15) is 39.0 Å². The Morgan fingerprint density at radius 3 is 2.80 bits per heavy atom. The van der Waals surface area contributed by atoms with Gasteiger partial charge in [0.1, 0.15) is 0 Å². The van der Waals surface area contributed by atoms with Gasteiger partial charge in [-0.25, -0.2) is 0 Å². The van der Waals surface area contributed by atoms with Crippen molar-refractivity contribution in [3.8, 4) is 0 Å². The molecule has 2 fully saturated rings. The predicted octanol–water partition coefficient (Wildman–Crippen LogP) is 1.93. The van der Waals surface area contributed by atoms with Crippen LogP contribution in [0.4, 0.5) is 0 Å². The Balaban J connectivity index is 1.97. The van der Waals surface area contributed by atoms with Gasteiger partial charge in [0.25, 0.3) is 0 Å². The van der Waals surface area contributed by atoms with Gasteiger partial charge in [-0.1, -0.05) is 12.8 Å². The zero-order valence-corrected chi connectivity index (χ0v) is 6.77. The first kappa shape index (κ1) is 6.66. The maximum Gasteiger partial charge on any atom is 0.00983 e. The van der Waals surface area contributed by atoms with Crippen LogP contribution in [0.15, 0.2) is 0 Å². The summed E-state index contributed by atoms with van der Waals surface area (Å²) in [7, 11) is 0. The Labute approximate surface area is 63.2 Å². The molecule has 0 aromatic heterocycles. The monoisotopic (exact) mass is 139 g/mol. The standard InChI is InChI=1S/C9H17N/c1-7-6-8-4-2-3-5-9(8)10-7/h7-10H,2-6H2,1H3/t7-,8?,9?/m1/s1. The van der Waals surface area contributed by atoms with Crippen LogP contribution in [-0.4, -0.2) is 12.1 Å². The largest absolute Gasteiger partial charge is 0.311 e. The third kappa shape index (κ3) is 1.07. The summed E-state index contributed by atoms with van der Waals surface area (Å²) in [5.41, 5.74) is 0. The highest BCUT2D eigenvalue weighted by molar-refractivity contribution is 4.90. The minimum absolute atomic E-state index is 0.799. The van der Waals surface area contributed by atoms with Gasteiger partial charge >= 0.3 is 0 Å². The molecule has 0 aromatic carbocycles. The molecule has 0 aromatic rings. The highest BCUT2D eigenvalue weighted by atomic mass is 15.0. The molecule has 1 N–H and O–H groups in total. The fourth-order valence-corrected chi connectivity index (χ4v) is 2.60. The Morgan fingerprint density at radius 2 is 2.00 bits per heavy atom. The van der Waals surface area contributed by atoms with E-state index in [1.54, 1.807) is 0 Å². The van der Waals surface area contributed by atoms with Crippen molar-refractivity contribution in [2.75, 3.05) is 0 Å². The molecular weight excluding hydrogens is 122 g/mol. The van der Waals surface area contributed by atoms with E-state index in [4.69, 9.17) is 0 Å². The van der Waals surface area contributed by atoms with E-state index in [-0.39, 0.29) is 0 Å². The average Bonchev–Trinajstić information content (AvgIpc) is 2.27. The summed E-state index contributed by atoms with van der Waals surface area (Å²) in [5.74, 6) is 1.03. The molecule has 3 atom stereocenters. The molecule has 1 aliphatic carbocycles. The lowest BCUT2D eigenvalue weighted by atomic mass is 9.85. The van der Waals surface area contributed by atoms with E-state index in [1.807, 2.05) is 0 Å². The molecule has 1 aliphatic heterocycles. The van der Waals surface area contributed by atoms with Gasteiger partial charge < -0.3 is 5.32 Å². The molecule has 0 bridgehead atoms. The summed E-state index contributed by atoms with van der Waals surface area (Å²) in [6.45, 7) is 2.32. The quantitative estimate of drug-likeness (QED) is 0.540. The van der Waals surface area contributed by atoms with Gasteiger partial charge in [-0.3, -0.25) is 0 Å². The van der Waals surface area contributed by atoms with Crippen molar-refractivity contribution in [3.05, 3.63) is 0 Å². The lowest BCUT2D eigenvalue weighted by Gasteiger charge is -2.24. The van der Waals surface area contributed by atoms with Crippen molar-refractivity contribution in [2.45, 2.75) is 51.1 Å². The molecule has 1 heteroatoms. The molecule has 1 nitrogen and oxygen atoms in total. The molecule has 58 valence electrons. The molecule has 2 aliphatic rings. The summed E-state index contributed by atoms with van der Waals surface area (Å²) in [6.07, 6.45) is 7.30. The minimum Gasteiger partial charge on any atom is -0.311 e. The van der Waals surface area contributed by atoms with Gasteiger partial charge in [0, 0.05) is 12.1 Å². The Morgan fingerprint density at radius 1 is 1.20 bits per heavy atom. The zero-order chi connectivity index (χ0) is 6.97. The third-order valence-corrected chi connectivity index (χ3v) is 3.06. The molecular formula is C9H17N. The van der Waals surface area contributed by atoms with Crippen LogP contribution >= 0.6 is 0 Å². The second kappa shape index (κ2) is 2.54. The molecule has 0 spiro atoms. The molecule has 2 unspecified atom stereocenters. The van der Waals surface area contributed by atoms with Gasteiger partial charge in [0.15, 0.2) is 0 Å². The Kier molecular flexibility index (Phi) is 1.69. The third-order valence-electron chi connectivity index (χ3n) is 3.06. The molecule has 0 amide bonds. The first-order chi connectivity index (χ1) is 4.86. The first-order valence-electron chi connectivity index (χ1n) is 4.62. The van der Waals surface area contributed by atoms with Crippen molar-refractivity contribution >= 4 is 0 Å². The van der Waals surface area contributed by atoms with E-state index >= 15 is 0 Å². The average molecular weight is 139 g/mol. The molecule has 2 rings (SSSR count). The smallest absolute Gasteiger partial charge is 0.00983 e. The summed E-state index contributed by atoms with van der Waals surface area (Å²) >= 11 is 0. The van der Waals surface area contributed by atoms with Gasteiger partial charge in [-0.05, 0) is 32.1 Å². The fourth-order valence-electron chi connectivity index (χ4n) is 2.60. The first-order valence-corrected chi connectivity index (χ1v) is 4.62. The number of hydrogen-bond donors (Lipinski definition) is 1. The molecule has 10 heavy (non-hydrogen) atoms. The maximum atomic E-state index is 3.66. The van der Waals surface area contributed by atoms with E-state index in [9.17, 15) is 0 Å². The summed E-state index contributed by atoms with van der Waals surface area (Å²) < 4.78 is 0. The van der Waals surface area contributed by atoms with E-state index in [2.05, 4.69) is 12.2 Å². The van der Waals surface area contributed by atoms with Gasteiger partial charge in [0.05, 0.1) is 0 Å². The molecule has 1 saturated heterocycles. The van der Waals surface area contributed by atoms with Crippen molar-refractivity contribution in [1.82, 2.24) is 5.32 Å². The highest BCUT2D eigenvalue weighted by Crippen LogP contribution is 2.32. The number of hydrogen-bond acceptors (Lipinski definition) is 1. The van der Waals surface area contributed by atoms with Crippen LogP contribution in [0.3, 0.4) is 0 Å². The summed E-state index contributed by atoms with van der Waals surface area (Å²) in [6, 6.07) is 1.69. The maximum absolute atomic E-state index is 3.66. The van der Waals surface area contributed by atoms with Crippen molar-refractivity contribution in [2.24, 2.45) is 5.92 Å². The lowest BCUT2D eigenvalue weighted by molar-refractivity contribution is 0.325. The Hall–Kier alpha value is -0.0400. The number of nitrogens with one attached hydrogen (secondary N) is 1. The summed E-state index contributed by atoms with van der Waals surface area (Å²) in [5, 5.41) is 3.66. The van der Waals surface area contributed by atoms with Crippen molar-refractivity contribution in [1.29, 1.82) is 0 Å². The van der Waals surface area contributed by atoms with Crippen LogP contribution in [0, 0.1) is 5.92 Å². The van der Waals surface area contributed by atoms with Gasteiger partial charge in [0.2, 0.25) is 0 Å². The van der Waals surface area contributed by atoms with Crippen LogP contribution in [0.2, 0.25) is 0 Å². The van der Waals surface area contributed by atoms with E-state index in [1.165, 1.54) is 32.1 Å². The number of fused-ring (bicyclic) bond motifs is 1. The molecule has 1 heterocycles. The zero-order valence-electron chi connectivity index (χ0n) is 6.77. The lowest BCUT2D eigenvalue weighted by Crippen LogP contribution is -2.31. The highest BCUT2D eigenvalue weighted by Gasteiger charge is 2.32. The van der Waals surface area contributed by atoms with Crippen LogP contribution in [-0.2, 0) is 0 Å². The van der Waals surface area contributed by atoms with Crippen molar-refractivity contribution in [3.63, 3.8) is 0 Å². The van der Waals surface area contributed by atoms with Crippen molar-refractivity contribution < 1.29 is 0 Å². The van der Waals surface area contributed by atoms with E-state index in [0.29, 0.717) is 0 Å². The van der Waals surface area contributed by atoms with E-state index in [0.717, 1.165) is 18.0 Å². The predicted molar refractivity (Wildman–Crippen MR) is 43.0 cm³/mol. The SMILES string of the molecule is C[C@@H]1CC2CCCCC2N1.